The van der Waals surface area contributed by atoms with Gasteiger partial charge < -0.3 is 26.2 Å². The Bertz CT molecular complexity index is 984. The molecule has 4 N–H and O–H groups in total. The van der Waals surface area contributed by atoms with Crippen LogP contribution in [0.3, 0.4) is 0 Å². The van der Waals surface area contributed by atoms with E-state index in [4.69, 9.17) is 5.73 Å². The van der Waals surface area contributed by atoms with E-state index in [9.17, 15) is 9.59 Å². The Kier molecular flexibility index (Phi) is 6.58. The first kappa shape index (κ1) is 21.7. The number of hydrogen-bond donors (Lipinski definition) is 3. The maximum atomic E-state index is 12.0. The van der Waals surface area contributed by atoms with Crippen LogP contribution in [0.15, 0.2) is 49.1 Å². The van der Waals surface area contributed by atoms with E-state index in [0.29, 0.717) is 17.9 Å². The van der Waals surface area contributed by atoms with Crippen molar-refractivity contribution in [3.05, 3.63) is 54.6 Å². The highest BCUT2D eigenvalue weighted by Gasteiger charge is 2.25. The van der Waals surface area contributed by atoms with Crippen molar-refractivity contribution < 1.29 is 9.59 Å². The Labute approximate surface area is 188 Å². The molecule has 2 aromatic rings. The Morgan fingerprint density at radius 3 is 2.47 bits per heavy atom. The number of benzene rings is 1. The molecule has 0 saturated carbocycles. The molecule has 168 valence electrons. The quantitative estimate of drug-likeness (QED) is 0.579. The third-order valence-corrected chi connectivity index (χ3v) is 6.04. The molecule has 0 radical (unpaired) electrons. The number of rotatable bonds is 7. The van der Waals surface area contributed by atoms with Crippen LogP contribution < -0.4 is 26.2 Å². The molecule has 32 heavy (non-hydrogen) atoms. The van der Waals surface area contributed by atoms with E-state index < -0.39 is 5.91 Å². The van der Waals surface area contributed by atoms with Gasteiger partial charge in [0, 0.05) is 43.6 Å². The summed E-state index contributed by atoms with van der Waals surface area (Å²) in [4.78, 5) is 32.7. The number of aromatic nitrogens is 1. The average molecular weight is 435 g/mol. The summed E-state index contributed by atoms with van der Waals surface area (Å²) in [6.07, 6.45) is 5.85. The predicted octanol–water partition coefficient (Wildman–Crippen LogP) is 2.80. The smallest absolute Gasteiger partial charge is 0.252 e. The standard InChI is InChI=1S/C24H30N6O2/c1-2-22(31)26-18-12-15-30(16-18)21-11-10-20(23(25)32)24(28-21)27-17-6-8-19(9-7-17)29-13-4-3-5-14-29/h2,6-11,18H,1,3-5,12-16H2,(H2,25,32)(H,26,31)(H,27,28)/t18-/m0/s1. The highest BCUT2D eigenvalue weighted by molar-refractivity contribution is 5.98. The number of anilines is 4. The van der Waals surface area contributed by atoms with Crippen LogP contribution in [0.2, 0.25) is 0 Å². The van der Waals surface area contributed by atoms with Crippen LogP contribution in [-0.2, 0) is 4.79 Å². The van der Waals surface area contributed by atoms with E-state index in [2.05, 4.69) is 44.1 Å². The normalized spacial score (nSPS) is 18.3. The van der Waals surface area contributed by atoms with Crippen molar-refractivity contribution in [1.82, 2.24) is 10.3 Å². The van der Waals surface area contributed by atoms with Gasteiger partial charge in [-0.15, -0.1) is 0 Å². The number of carbonyl (C=O) groups excluding carboxylic acids is 2. The fourth-order valence-corrected chi connectivity index (χ4v) is 4.31. The SMILES string of the molecule is C=CC(=O)N[C@H]1CCN(c2ccc(C(N)=O)c(Nc3ccc(N4CCCCC4)cc3)n2)C1. The minimum atomic E-state index is -0.533. The molecule has 2 aliphatic heterocycles. The van der Waals surface area contributed by atoms with Gasteiger partial charge in [-0.05, 0) is 68.2 Å². The maximum absolute atomic E-state index is 12.0. The number of pyridine rings is 1. The molecule has 1 atom stereocenters. The third kappa shape index (κ3) is 5.01. The number of nitrogens with zero attached hydrogens (tertiary/aromatic N) is 3. The molecule has 2 fully saturated rings. The minimum Gasteiger partial charge on any atom is -0.372 e. The van der Waals surface area contributed by atoms with Crippen LogP contribution in [0.4, 0.5) is 23.0 Å². The Hall–Kier alpha value is -3.55. The summed E-state index contributed by atoms with van der Waals surface area (Å²) in [5, 5.41) is 6.18. The molecule has 1 aromatic carbocycles. The van der Waals surface area contributed by atoms with Crippen molar-refractivity contribution in [2.45, 2.75) is 31.7 Å². The Morgan fingerprint density at radius 2 is 1.78 bits per heavy atom. The van der Waals surface area contributed by atoms with E-state index in [1.807, 2.05) is 12.1 Å². The van der Waals surface area contributed by atoms with Gasteiger partial charge in [0.1, 0.15) is 11.6 Å². The van der Waals surface area contributed by atoms with E-state index >= 15 is 0 Å². The summed E-state index contributed by atoms with van der Waals surface area (Å²) in [6.45, 7) is 7.08. The Morgan fingerprint density at radius 1 is 1.03 bits per heavy atom. The molecule has 1 aromatic heterocycles. The monoisotopic (exact) mass is 434 g/mol. The molecule has 0 unspecified atom stereocenters. The summed E-state index contributed by atoms with van der Waals surface area (Å²) in [5.74, 6) is 0.454. The maximum Gasteiger partial charge on any atom is 0.252 e. The first-order valence-corrected chi connectivity index (χ1v) is 11.1. The zero-order chi connectivity index (χ0) is 22.5. The molecule has 8 heteroatoms. The van der Waals surface area contributed by atoms with Crippen molar-refractivity contribution >= 4 is 34.8 Å². The third-order valence-electron chi connectivity index (χ3n) is 6.04. The van der Waals surface area contributed by atoms with Crippen molar-refractivity contribution in [2.24, 2.45) is 5.73 Å². The van der Waals surface area contributed by atoms with Crippen LogP contribution in [0.25, 0.3) is 0 Å². The summed E-state index contributed by atoms with van der Waals surface area (Å²) < 4.78 is 0. The zero-order valence-electron chi connectivity index (χ0n) is 18.2. The van der Waals surface area contributed by atoms with E-state index in [0.717, 1.165) is 37.6 Å². The molecule has 0 aliphatic carbocycles. The molecule has 0 bridgehead atoms. The molecule has 2 aliphatic rings. The summed E-state index contributed by atoms with van der Waals surface area (Å²) in [7, 11) is 0. The fraction of sp³-hybridized carbons (Fsp3) is 0.375. The number of primary amides is 1. The number of carbonyl (C=O) groups is 2. The molecule has 8 nitrogen and oxygen atoms in total. The van der Waals surface area contributed by atoms with Crippen molar-refractivity contribution in [3.63, 3.8) is 0 Å². The molecule has 3 heterocycles. The van der Waals surface area contributed by atoms with Crippen molar-refractivity contribution in [3.8, 4) is 0 Å². The topological polar surface area (TPSA) is 104 Å². The molecular formula is C24H30N6O2. The first-order chi connectivity index (χ1) is 15.5. The minimum absolute atomic E-state index is 0.0388. The largest absolute Gasteiger partial charge is 0.372 e. The molecule has 4 rings (SSSR count). The average Bonchev–Trinajstić information content (AvgIpc) is 3.28. The molecule has 2 saturated heterocycles. The highest BCUT2D eigenvalue weighted by Crippen LogP contribution is 2.27. The number of amides is 2. The van der Waals surface area contributed by atoms with Crippen LogP contribution in [0, 0.1) is 0 Å². The zero-order valence-corrected chi connectivity index (χ0v) is 18.2. The van der Waals surface area contributed by atoms with Crippen LogP contribution in [0.5, 0.6) is 0 Å². The second-order valence-corrected chi connectivity index (χ2v) is 8.29. The lowest BCUT2D eigenvalue weighted by molar-refractivity contribution is -0.117. The molecule has 2 amide bonds. The first-order valence-electron chi connectivity index (χ1n) is 11.1. The van der Waals surface area contributed by atoms with Gasteiger partial charge in [-0.25, -0.2) is 4.98 Å². The van der Waals surface area contributed by atoms with Gasteiger partial charge in [0.25, 0.3) is 5.91 Å². The lowest BCUT2D eigenvalue weighted by Crippen LogP contribution is -2.36. The van der Waals surface area contributed by atoms with Gasteiger partial charge in [0.2, 0.25) is 5.91 Å². The second kappa shape index (κ2) is 9.72. The van der Waals surface area contributed by atoms with Crippen molar-refractivity contribution in [2.75, 3.05) is 41.3 Å². The number of piperidine rings is 1. The van der Waals surface area contributed by atoms with E-state index in [1.165, 1.54) is 31.0 Å². The van der Waals surface area contributed by atoms with Gasteiger partial charge in [0.05, 0.1) is 5.56 Å². The van der Waals surface area contributed by atoms with E-state index in [-0.39, 0.29) is 11.9 Å². The molecular weight excluding hydrogens is 404 g/mol. The number of hydrogen-bond acceptors (Lipinski definition) is 6. The van der Waals surface area contributed by atoms with Gasteiger partial charge in [-0.1, -0.05) is 6.58 Å². The van der Waals surface area contributed by atoms with Gasteiger partial charge in [-0.2, -0.15) is 0 Å². The predicted molar refractivity (Wildman–Crippen MR) is 128 cm³/mol. The second-order valence-electron chi connectivity index (χ2n) is 8.29. The highest BCUT2D eigenvalue weighted by atomic mass is 16.1. The fourth-order valence-electron chi connectivity index (χ4n) is 4.31. The van der Waals surface area contributed by atoms with Crippen LogP contribution in [-0.4, -0.2) is 49.0 Å². The Balaban J connectivity index is 1.49. The van der Waals surface area contributed by atoms with Crippen LogP contribution in [0.1, 0.15) is 36.0 Å². The summed E-state index contributed by atoms with van der Waals surface area (Å²) in [5.41, 5.74) is 7.98. The van der Waals surface area contributed by atoms with Crippen LogP contribution >= 0.6 is 0 Å². The lowest BCUT2D eigenvalue weighted by Gasteiger charge is -2.28. The van der Waals surface area contributed by atoms with Gasteiger partial charge in [-0.3, -0.25) is 9.59 Å². The van der Waals surface area contributed by atoms with E-state index in [1.54, 1.807) is 12.1 Å². The summed E-state index contributed by atoms with van der Waals surface area (Å²) in [6, 6.07) is 11.7. The molecule has 0 spiro atoms. The number of nitrogens with one attached hydrogen (secondary N) is 2. The van der Waals surface area contributed by atoms with Crippen molar-refractivity contribution in [1.29, 1.82) is 0 Å². The summed E-state index contributed by atoms with van der Waals surface area (Å²) >= 11 is 0. The number of nitrogens with two attached hydrogens (primary N) is 1. The van der Waals surface area contributed by atoms with Gasteiger partial charge >= 0.3 is 0 Å². The van der Waals surface area contributed by atoms with Gasteiger partial charge in [0.15, 0.2) is 0 Å². The lowest BCUT2D eigenvalue weighted by atomic mass is 10.1.